The largest absolute Gasteiger partial charge is 0.459 e. The molecule has 0 aliphatic carbocycles. The summed E-state index contributed by atoms with van der Waals surface area (Å²) in [4.78, 5) is 19.8. The van der Waals surface area contributed by atoms with Crippen molar-refractivity contribution in [1.29, 1.82) is 0 Å². The number of benzene rings is 2. The molecule has 1 saturated heterocycles. The average Bonchev–Trinajstić information content (AvgIpc) is 3.49. The van der Waals surface area contributed by atoms with Gasteiger partial charge in [-0.1, -0.05) is 18.2 Å². The third-order valence-electron chi connectivity index (χ3n) is 6.03. The number of hydrogen-bond donors (Lipinski definition) is 1. The molecular weight excluding hydrogens is 462 g/mol. The first-order valence-electron chi connectivity index (χ1n) is 11.1. The second-order valence-corrected chi connectivity index (χ2v) is 8.77. The highest BCUT2D eigenvalue weighted by atomic mass is 32.1. The summed E-state index contributed by atoms with van der Waals surface area (Å²) in [6.07, 6.45) is 1.74. The van der Waals surface area contributed by atoms with Crippen molar-refractivity contribution >= 4 is 34.4 Å². The number of nitro benzene ring substituents is 1. The zero-order valence-electron chi connectivity index (χ0n) is 19.2. The van der Waals surface area contributed by atoms with E-state index < -0.39 is 4.92 Å². The van der Waals surface area contributed by atoms with Crippen LogP contribution < -0.4 is 15.1 Å². The molecule has 2 aromatic carbocycles. The molecule has 2 atom stereocenters. The lowest BCUT2D eigenvalue weighted by Gasteiger charge is -2.26. The molecule has 0 spiro atoms. The summed E-state index contributed by atoms with van der Waals surface area (Å²) in [6.45, 7) is 0. The number of nitrogens with one attached hydrogen (secondary N) is 1. The first kappa shape index (κ1) is 22.5. The highest BCUT2D eigenvalue weighted by Crippen LogP contribution is 2.43. The van der Waals surface area contributed by atoms with E-state index in [1.54, 1.807) is 30.5 Å². The van der Waals surface area contributed by atoms with Crippen molar-refractivity contribution in [3.05, 3.63) is 107 Å². The highest BCUT2D eigenvalue weighted by Gasteiger charge is 2.42. The summed E-state index contributed by atoms with van der Waals surface area (Å²) in [5.41, 5.74) is 3.21. The number of thiocarbonyl (C=S) groups is 1. The van der Waals surface area contributed by atoms with Gasteiger partial charge in [-0.2, -0.15) is 0 Å². The Balaban J connectivity index is 1.60. The number of furan rings is 1. The zero-order valence-corrected chi connectivity index (χ0v) is 20.0. The van der Waals surface area contributed by atoms with Gasteiger partial charge in [0.05, 0.1) is 22.2 Å². The summed E-state index contributed by atoms with van der Waals surface area (Å²) in [5.74, 6) is 1.05. The molecule has 1 aliphatic rings. The fourth-order valence-corrected chi connectivity index (χ4v) is 4.68. The van der Waals surface area contributed by atoms with Gasteiger partial charge in [0, 0.05) is 37.7 Å². The van der Waals surface area contributed by atoms with Crippen LogP contribution in [0.1, 0.15) is 23.5 Å². The van der Waals surface area contributed by atoms with E-state index in [9.17, 15) is 10.1 Å². The van der Waals surface area contributed by atoms with Crippen molar-refractivity contribution in [2.45, 2.75) is 12.1 Å². The van der Waals surface area contributed by atoms with Gasteiger partial charge in [-0.15, -0.1) is 0 Å². The molecule has 0 saturated carbocycles. The van der Waals surface area contributed by atoms with Crippen molar-refractivity contribution in [3.63, 3.8) is 0 Å². The molecular formula is C26H23N5O3S. The minimum atomic E-state index is -0.404. The van der Waals surface area contributed by atoms with Crippen LogP contribution in [0.15, 0.2) is 89.5 Å². The topological polar surface area (TPSA) is 87.7 Å². The van der Waals surface area contributed by atoms with Crippen molar-refractivity contribution in [2.24, 2.45) is 0 Å². The fraction of sp³-hybridized carbons (Fsp3) is 0.154. The molecule has 1 N–H and O–H groups in total. The smallest absolute Gasteiger partial charge is 0.280 e. The molecule has 1 fully saturated rings. The lowest BCUT2D eigenvalue weighted by atomic mass is 10.0. The van der Waals surface area contributed by atoms with E-state index in [0.717, 1.165) is 17.1 Å². The number of aromatic nitrogens is 1. The van der Waals surface area contributed by atoms with Crippen LogP contribution >= 0.6 is 12.2 Å². The molecule has 0 amide bonds. The number of pyridine rings is 1. The average molecular weight is 486 g/mol. The third-order valence-corrected chi connectivity index (χ3v) is 6.34. The summed E-state index contributed by atoms with van der Waals surface area (Å²) in [5, 5.41) is 15.5. The van der Waals surface area contributed by atoms with Crippen LogP contribution in [0, 0.1) is 10.1 Å². The van der Waals surface area contributed by atoms with E-state index in [2.05, 4.69) is 10.3 Å². The van der Waals surface area contributed by atoms with Crippen LogP contribution in [0.25, 0.3) is 11.3 Å². The molecule has 8 nitrogen and oxygen atoms in total. The molecule has 1 aliphatic heterocycles. The second-order valence-electron chi connectivity index (χ2n) is 8.38. The molecule has 35 heavy (non-hydrogen) atoms. The molecule has 9 heteroatoms. The SMILES string of the molecule is CN(C)c1ccc(N2C(=S)N[C@@H](c3ccccn3)[C@@H]2c2ccc(-c3ccccc3[N+](=O)[O-])o2)cc1. The van der Waals surface area contributed by atoms with Crippen LogP contribution in [-0.2, 0) is 0 Å². The maximum atomic E-state index is 11.6. The summed E-state index contributed by atoms with van der Waals surface area (Å²) < 4.78 is 6.28. The first-order valence-corrected chi connectivity index (χ1v) is 11.5. The molecule has 3 heterocycles. The van der Waals surface area contributed by atoms with Crippen LogP contribution in [0.4, 0.5) is 17.1 Å². The quantitative estimate of drug-likeness (QED) is 0.218. The van der Waals surface area contributed by atoms with E-state index >= 15 is 0 Å². The first-order chi connectivity index (χ1) is 16.9. The lowest BCUT2D eigenvalue weighted by Crippen LogP contribution is -2.29. The molecule has 0 unspecified atom stereocenters. The molecule has 176 valence electrons. The Morgan fingerprint density at radius 1 is 1.03 bits per heavy atom. The Labute approximate surface area is 208 Å². The number of nitro groups is 1. The Hall–Kier alpha value is -4.24. The normalized spacial score (nSPS) is 17.3. The van der Waals surface area contributed by atoms with E-state index in [0.29, 0.717) is 22.2 Å². The Bertz CT molecular complexity index is 1370. The predicted molar refractivity (Wildman–Crippen MR) is 139 cm³/mol. The highest BCUT2D eigenvalue weighted by molar-refractivity contribution is 7.80. The van der Waals surface area contributed by atoms with Crippen molar-refractivity contribution in [2.75, 3.05) is 23.9 Å². The molecule has 4 aromatic rings. The van der Waals surface area contributed by atoms with Crippen molar-refractivity contribution < 1.29 is 9.34 Å². The van der Waals surface area contributed by atoms with Crippen molar-refractivity contribution in [3.8, 4) is 11.3 Å². The van der Waals surface area contributed by atoms with Crippen molar-refractivity contribution in [1.82, 2.24) is 10.3 Å². The standard InChI is InChI=1S/C26H23N5O3S/c1-29(2)17-10-12-18(13-11-17)30-25(24(28-26(30)35)20-8-5-6-16-27-20)23-15-14-22(34-23)19-7-3-4-9-21(19)31(32)33/h3-16,24-25H,1-2H3,(H,28,35)/t24-,25-/m0/s1. The van der Waals surface area contributed by atoms with Gasteiger partial charge in [0.1, 0.15) is 17.6 Å². The van der Waals surface area contributed by atoms with Gasteiger partial charge < -0.3 is 19.5 Å². The summed E-state index contributed by atoms with van der Waals surface area (Å²) in [7, 11) is 3.98. The van der Waals surface area contributed by atoms with Crippen LogP contribution in [0.2, 0.25) is 0 Å². The maximum Gasteiger partial charge on any atom is 0.280 e. The van der Waals surface area contributed by atoms with Gasteiger partial charge in [0.15, 0.2) is 5.11 Å². The Kier molecular flexibility index (Phi) is 5.92. The number of rotatable bonds is 6. The number of anilines is 2. The number of para-hydroxylation sites is 1. The number of hydrogen-bond acceptors (Lipinski definition) is 6. The Morgan fingerprint density at radius 3 is 2.46 bits per heavy atom. The minimum Gasteiger partial charge on any atom is -0.459 e. The zero-order chi connectivity index (χ0) is 24.5. The fourth-order valence-electron chi connectivity index (χ4n) is 4.33. The van der Waals surface area contributed by atoms with E-state index in [1.807, 2.05) is 72.4 Å². The second kappa shape index (κ2) is 9.19. The van der Waals surface area contributed by atoms with Crippen LogP contribution in [0.3, 0.4) is 0 Å². The molecule has 2 aromatic heterocycles. The number of nitrogens with zero attached hydrogens (tertiary/aromatic N) is 4. The third kappa shape index (κ3) is 4.22. The predicted octanol–water partition coefficient (Wildman–Crippen LogP) is 5.49. The molecule has 0 radical (unpaired) electrons. The van der Waals surface area contributed by atoms with Crippen LogP contribution in [0.5, 0.6) is 0 Å². The van der Waals surface area contributed by atoms with E-state index in [-0.39, 0.29) is 17.8 Å². The molecule has 0 bridgehead atoms. The van der Waals surface area contributed by atoms with Gasteiger partial charge in [-0.05, 0) is 66.8 Å². The van der Waals surface area contributed by atoms with Gasteiger partial charge in [-0.3, -0.25) is 15.1 Å². The minimum absolute atomic E-state index is 0.00845. The van der Waals surface area contributed by atoms with E-state index in [1.165, 1.54) is 6.07 Å². The van der Waals surface area contributed by atoms with E-state index in [4.69, 9.17) is 16.6 Å². The Morgan fingerprint density at radius 2 is 1.77 bits per heavy atom. The lowest BCUT2D eigenvalue weighted by molar-refractivity contribution is -0.384. The summed E-state index contributed by atoms with van der Waals surface area (Å²) >= 11 is 5.76. The molecule has 5 rings (SSSR count). The van der Waals surface area contributed by atoms with Gasteiger partial charge in [-0.25, -0.2) is 0 Å². The van der Waals surface area contributed by atoms with Gasteiger partial charge in [0.25, 0.3) is 5.69 Å². The van der Waals surface area contributed by atoms with Gasteiger partial charge in [0.2, 0.25) is 0 Å². The monoisotopic (exact) mass is 485 g/mol. The summed E-state index contributed by atoms with van der Waals surface area (Å²) in [6, 6.07) is 23.4. The van der Waals surface area contributed by atoms with Gasteiger partial charge >= 0.3 is 0 Å². The van der Waals surface area contributed by atoms with Crippen LogP contribution in [-0.4, -0.2) is 29.1 Å². The maximum absolute atomic E-state index is 11.6.